The number of hydrogen-bond acceptors (Lipinski definition) is 4. The van der Waals surface area contributed by atoms with E-state index in [2.05, 4.69) is 10.9 Å². The highest BCUT2D eigenvalue weighted by Crippen LogP contribution is 2.32. The molecule has 7 nitrogen and oxygen atoms in total. The van der Waals surface area contributed by atoms with Gasteiger partial charge in [0.1, 0.15) is 5.75 Å². The number of aryl methyl sites for hydroxylation is 1. The second-order valence-electron chi connectivity index (χ2n) is 7.83. The molecule has 1 aliphatic carbocycles. The predicted molar refractivity (Wildman–Crippen MR) is 104 cm³/mol. The summed E-state index contributed by atoms with van der Waals surface area (Å²) in [7, 11) is 0. The molecule has 28 heavy (non-hydrogen) atoms. The van der Waals surface area contributed by atoms with E-state index in [1.54, 1.807) is 11.8 Å². The van der Waals surface area contributed by atoms with Crippen LogP contribution in [0.5, 0.6) is 5.75 Å². The fraction of sp³-hybridized carbons (Fsp3) is 0.571. The number of benzene rings is 1. The van der Waals surface area contributed by atoms with Crippen molar-refractivity contribution < 1.29 is 19.1 Å². The molecule has 2 atom stereocenters. The van der Waals surface area contributed by atoms with Gasteiger partial charge in [-0.05, 0) is 63.6 Å². The lowest BCUT2D eigenvalue weighted by Crippen LogP contribution is -2.52. The number of carbonyl (C=O) groups excluding carboxylic acids is 3. The van der Waals surface area contributed by atoms with Gasteiger partial charge in [-0.2, -0.15) is 0 Å². The third-order valence-electron chi connectivity index (χ3n) is 5.57. The highest BCUT2D eigenvalue weighted by atomic mass is 16.5. The minimum absolute atomic E-state index is 0.157. The van der Waals surface area contributed by atoms with E-state index in [1.807, 2.05) is 32.0 Å². The molecule has 1 aromatic rings. The Balaban J connectivity index is 1.47. The highest BCUT2D eigenvalue weighted by molar-refractivity contribution is 5.86. The van der Waals surface area contributed by atoms with E-state index < -0.39 is 12.0 Å². The first kappa shape index (κ1) is 20.2. The maximum Gasteiger partial charge on any atom is 0.279 e. The summed E-state index contributed by atoms with van der Waals surface area (Å²) in [5.41, 5.74) is 7.00. The average molecular weight is 387 g/mol. The van der Waals surface area contributed by atoms with Gasteiger partial charge in [0.2, 0.25) is 11.8 Å². The molecule has 2 unspecified atom stereocenters. The summed E-state index contributed by atoms with van der Waals surface area (Å²) >= 11 is 0. The number of carbonyl (C=O) groups is 3. The summed E-state index contributed by atoms with van der Waals surface area (Å²) in [4.78, 5) is 38.7. The standard InChI is InChI=1S/C21H29N3O4/c1-13-6-4-8-18(14(13)2)28-15(3)19(25)22-23-20(26)17-7-5-11-24(12-17)21(27)16-9-10-16/h4,6,8,15-17H,5,7,9-12H2,1-3H3,(H,22,25)(H,23,26). The van der Waals surface area contributed by atoms with Gasteiger partial charge in [-0.1, -0.05) is 12.1 Å². The number of rotatable bonds is 5. The van der Waals surface area contributed by atoms with E-state index >= 15 is 0 Å². The first-order valence-electron chi connectivity index (χ1n) is 9.98. The van der Waals surface area contributed by atoms with Gasteiger partial charge in [0.15, 0.2) is 6.10 Å². The summed E-state index contributed by atoms with van der Waals surface area (Å²) in [6.07, 6.45) is 2.68. The topological polar surface area (TPSA) is 87.7 Å². The van der Waals surface area contributed by atoms with Crippen molar-refractivity contribution in [3.05, 3.63) is 29.3 Å². The van der Waals surface area contributed by atoms with Gasteiger partial charge < -0.3 is 9.64 Å². The lowest BCUT2D eigenvalue weighted by Gasteiger charge is -2.32. The van der Waals surface area contributed by atoms with Crippen LogP contribution in [0.4, 0.5) is 0 Å². The average Bonchev–Trinajstić information content (AvgIpc) is 3.54. The maximum atomic E-state index is 12.4. The van der Waals surface area contributed by atoms with Gasteiger partial charge in [-0.15, -0.1) is 0 Å². The molecule has 0 radical (unpaired) electrons. The molecule has 7 heteroatoms. The van der Waals surface area contributed by atoms with Crippen LogP contribution in [0.25, 0.3) is 0 Å². The molecular formula is C21H29N3O4. The zero-order valence-corrected chi connectivity index (χ0v) is 16.8. The minimum Gasteiger partial charge on any atom is -0.481 e. The van der Waals surface area contributed by atoms with Crippen molar-refractivity contribution in [1.29, 1.82) is 0 Å². The van der Waals surface area contributed by atoms with Gasteiger partial charge in [-0.25, -0.2) is 0 Å². The second kappa shape index (κ2) is 8.63. The van der Waals surface area contributed by atoms with Crippen LogP contribution in [0, 0.1) is 25.7 Å². The van der Waals surface area contributed by atoms with Crippen LogP contribution in [-0.2, 0) is 14.4 Å². The van der Waals surface area contributed by atoms with E-state index in [0.29, 0.717) is 25.3 Å². The van der Waals surface area contributed by atoms with Gasteiger partial charge in [0, 0.05) is 19.0 Å². The van der Waals surface area contributed by atoms with Crippen LogP contribution >= 0.6 is 0 Å². The molecule has 2 fully saturated rings. The van der Waals surface area contributed by atoms with Crippen molar-refractivity contribution in [3.63, 3.8) is 0 Å². The fourth-order valence-corrected chi connectivity index (χ4v) is 3.40. The molecule has 0 bridgehead atoms. The Morgan fingerprint density at radius 2 is 1.86 bits per heavy atom. The lowest BCUT2D eigenvalue weighted by molar-refractivity contribution is -0.139. The predicted octanol–water partition coefficient (Wildman–Crippen LogP) is 1.87. The number of hydrazine groups is 1. The molecule has 3 rings (SSSR count). The Morgan fingerprint density at radius 3 is 2.57 bits per heavy atom. The Morgan fingerprint density at radius 1 is 1.11 bits per heavy atom. The number of amides is 3. The Bertz CT molecular complexity index is 760. The van der Waals surface area contributed by atoms with E-state index in [-0.39, 0.29) is 23.7 Å². The van der Waals surface area contributed by atoms with E-state index in [4.69, 9.17) is 4.74 Å². The van der Waals surface area contributed by atoms with Crippen LogP contribution in [-0.4, -0.2) is 41.8 Å². The van der Waals surface area contributed by atoms with Crippen LogP contribution in [0.15, 0.2) is 18.2 Å². The summed E-state index contributed by atoms with van der Waals surface area (Å²) < 4.78 is 5.73. The summed E-state index contributed by atoms with van der Waals surface area (Å²) in [5, 5.41) is 0. The SMILES string of the molecule is Cc1cccc(OC(C)C(=O)NNC(=O)C2CCCN(C(=O)C3CC3)C2)c1C. The van der Waals surface area contributed by atoms with Crippen molar-refractivity contribution in [2.24, 2.45) is 11.8 Å². The molecule has 0 aromatic heterocycles. The molecule has 1 aliphatic heterocycles. The van der Waals surface area contributed by atoms with Crippen LogP contribution in [0.1, 0.15) is 43.7 Å². The van der Waals surface area contributed by atoms with Gasteiger partial charge in [0.25, 0.3) is 5.91 Å². The number of ether oxygens (including phenoxy) is 1. The molecule has 1 saturated carbocycles. The smallest absolute Gasteiger partial charge is 0.279 e. The van der Waals surface area contributed by atoms with Crippen LogP contribution in [0.2, 0.25) is 0 Å². The third-order valence-corrected chi connectivity index (χ3v) is 5.57. The zero-order valence-electron chi connectivity index (χ0n) is 16.8. The van der Waals surface area contributed by atoms with Gasteiger partial charge in [0.05, 0.1) is 5.92 Å². The number of likely N-dealkylation sites (tertiary alicyclic amines) is 1. The largest absolute Gasteiger partial charge is 0.481 e. The minimum atomic E-state index is -0.750. The highest BCUT2D eigenvalue weighted by Gasteiger charge is 2.36. The second-order valence-corrected chi connectivity index (χ2v) is 7.83. The third kappa shape index (κ3) is 4.82. The summed E-state index contributed by atoms with van der Waals surface area (Å²) in [6, 6.07) is 5.68. The maximum absolute atomic E-state index is 12.4. The summed E-state index contributed by atoms with van der Waals surface area (Å²) in [5.74, 6) is -0.0132. The number of hydrogen-bond donors (Lipinski definition) is 2. The van der Waals surface area contributed by atoms with Crippen molar-refractivity contribution >= 4 is 17.7 Å². The Hall–Kier alpha value is -2.57. The Labute approximate surface area is 165 Å². The van der Waals surface area contributed by atoms with Crippen molar-refractivity contribution in [1.82, 2.24) is 15.8 Å². The fourth-order valence-electron chi connectivity index (χ4n) is 3.40. The molecule has 1 saturated heterocycles. The van der Waals surface area contributed by atoms with Gasteiger partial charge in [-0.3, -0.25) is 25.2 Å². The monoisotopic (exact) mass is 387 g/mol. The molecule has 1 aromatic carbocycles. The quantitative estimate of drug-likeness (QED) is 0.755. The first-order valence-corrected chi connectivity index (χ1v) is 9.98. The molecule has 1 heterocycles. The van der Waals surface area contributed by atoms with Crippen LogP contribution in [0.3, 0.4) is 0 Å². The Kier molecular flexibility index (Phi) is 6.21. The molecule has 2 aliphatic rings. The normalized spacial score (nSPS) is 20.2. The van der Waals surface area contributed by atoms with E-state index in [1.165, 1.54) is 0 Å². The van der Waals surface area contributed by atoms with Crippen molar-refractivity contribution in [3.8, 4) is 5.75 Å². The van der Waals surface area contributed by atoms with Gasteiger partial charge >= 0.3 is 0 Å². The molecule has 2 N–H and O–H groups in total. The number of nitrogens with one attached hydrogen (secondary N) is 2. The first-order chi connectivity index (χ1) is 13.4. The van der Waals surface area contributed by atoms with Crippen molar-refractivity contribution in [2.45, 2.75) is 52.6 Å². The number of nitrogens with zero attached hydrogens (tertiary/aromatic N) is 1. The zero-order chi connectivity index (χ0) is 20.3. The molecule has 0 spiro atoms. The molecule has 152 valence electrons. The van der Waals surface area contributed by atoms with E-state index in [0.717, 1.165) is 30.4 Å². The summed E-state index contributed by atoms with van der Waals surface area (Å²) in [6.45, 7) is 6.70. The number of piperidine rings is 1. The molecule has 3 amide bonds. The lowest BCUT2D eigenvalue weighted by atomic mass is 9.97. The van der Waals surface area contributed by atoms with E-state index in [9.17, 15) is 14.4 Å². The van der Waals surface area contributed by atoms with Crippen LogP contribution < -0.4 is 15.6 Å². The van der Waals surface area contributed by atoms with Crippen molar-refractivity contribution in [2.75, 3.05) is 13.1 Å². The molecular weight excluding hydrogens is 358 g/mol.